The zero-order chi connectivity index (χ0) is 27.9. The number of methoxy groups -OCH3 is 1. The fraction of sp³-hybridized carbons (Fsp3) is 0.345. The number of anilines is 1. The Morgan fingerprint density at radius 2 is 1.77 bits per heavy atom. The SMILES string of the molecule is COCCOC(=O)c1c(C)nc(-c2ccccc2)nc1C(=O)N1CCN(C(=O)Nc2cccc(C)c2)C(C)C1. The predicted molar refractivity (Wildman–Crippen MR) is 147 cm³/mol. The molecule has 2 heterocycles. The molecule has 1 fully saturated rings. The van der Waals surface area contributed by atoms with Crippen LogP contribution in [0.4, 0.5) is 10.5 Å². The zero-order valence-electron chi connectivity index (χ0n) is 22.6. The number of benzene rings is 2. The normalized spacial score (nSPS) is 15.1. The average Bonchev–Trinajstić information content (AvgIpc) is 2.92. The predicted octanol–water partition coefficient (Wildman–Crippen LogP) is 3.94. The number of urea groups is 1. The number of amides is 3. The van der Waals surface area contributed by atoms with Gasteiger partial charge >= 0.3 is 12.0 Å². The maximum Gasteiger partial charge on any atom is 0.342 e. The molecule has 10 heteroatoms. The minimum Gasteiger partial charge on any atom is -0.460 e. The van der Waals surface area contributed by atoms with Crippen LogP contribution in [0.15, 0.2) is 54.6 Å². The Bertz CT molecular complexity index is 1350. The number of ether oxygens (including phenoxy) is 2. The van der Waals surface area contributed by atoms with E-state index in [0.717, 1.165) is 11.1 Å². The van der Waals surface area contributed by atoms with Crippen LogP contribution in [0.3, 0.4) is 0 Å². The van der Waals surface area contributed by atoms with Crippen LogP contribution in [0.1, 0.15) is 39.0 Å². The number of hydrogen-bond acceptors (Lipinski definition) is 7. The van der Waals surface area contributed by atoms with Crippen molar-refractivity contribution >= 4 is 23.6 Å². The van der Waals surface area contributed by atoms with E-state index in [1.54, 1.807) is 16.7 Å². The number of nitrogens with zero attached hydrogens (tertiary/aromatic N) is 4. The Kier molecular flexibility index (Phi) is 8.88. The van der Waals surface area contributed by atoms with E-state index in [1.807, 2.05) is 68.4 Å². The monoisotopic (exact) mass is 531 g/mol. The van der Waals surface area contributed by atoms with E-state index < -0.39 is 11.9 Å². The van der Waals surface area contributed by atoms with E-state index >= 15 is 0 Å². The topological polar surface area (TPSA) is 114 Å². The van der Waals surface area contributed by atoms with Gasteiger partial charge in [-0.1, -0.05) is 42.5 Å². The minimum atomic E-state index is -0.684. The molecule has 1 aliphatic heterocycles. The number of piperazine rings is 1. The molecule has 4 rings (SSSR count). The fourth-order valence-corrected chi connectivity index (χ4v) is 4.49. The molecule has 1 atom stereocenters. The second kappa shape index (κ2) is 12.5. The first-order valence-corrected chi connectivity index (χ1v) is 12.8. The third-order valence-electron chi connectivity index (χ3n) is 6.49. The van der Waals surface area contributed by atoms with Crippen LogP contribution in [-0.2, 0) is 9.47 Å². The van der Waals surface area contributed by atoms with E-state index in [4.69, 9.17) is 9.47 Å². The van der Waals surface area contributed by atoms with Gasteiger partial charge in [0.25, 0.3) is 5.91 Å². The van der Waals surface area contributed by atoms with E-state index in [9.17, 15) is 14.4 Å². The number of esters is 1. The summed E-state index contributed by atoms with van der Waals surface area (Å²) in [6.45, 7) is 6.66. The molecule has 3 amide bonds. The van der Waals surface area contributed by atoms with Crippen molar-refractivity contribution in [2.24, 2.45) is 0 Å². The van der Waals surface area contributed by atoms with E-state index in [2.05, 4.69) is 15.3 Å². The number of hydrogen-bond donors (Lipinski definition) is 1. The van der Waals surface area contributed by atoms with Crippen LogP contribution in [0.2, 0.25) is 0 Å². The largest absolute Gasteiger partial charge is 0.460 e. The lowest BCUT2D eigenvalue weighted by molar-refractivity contribution is 0.0378. The standard InChI is InChI=1S/C29H33N5O5/c1-19-9-8-12-23(17-19)31-29(37)34-14-13-33(18-20(34)2)27(35)25-24(28(36)39-16-15-38-4)21(3)30-26(32-25)22-10-6-5-7-11-22/h5-12,17,20H,13-16,18H2,1-4H3,(H,31,37). The van der Waals surface area contributed by atoms with E-state index in [1.165, 1.54) is 7.11 Å². The van der Waals surface area contributed by atoms with Crippen LogP contribution >= 0.6 is 0 Å². The summed E-state index contributed by atoms with van der Waals surface area (Å²) in [5, 5.41) is 2.93. The van der Waals surface area contributed by atoms with Gasteiger partial charge in [-0.2, -0.15) is 0 Å². The molecular weight excluding hydrogens is 498 g/mol. The van der Waals surface area contributed by atoms with Gasteiger partial charge in [-0.05, 0) is 38.5 Å². The summed E-state index contributed by atoms with van der Waals surface area (Å²) < 4.78 is 10.3. The van der Waals surface area contributed by atoms with Crippen LogP contribution in [-0.4, -0.2) is 83.7 Å². The Morgan fingerprint density at radius 3 is 2.46 bits per heavy atom. The van der Waals surface area contributed by atoms with E-state index in [0.29, 0.717) is 23.8 Å². The van der Waals surface area contributed by atoms with Gasteiger partial charge in [-0.3, -0.25) is 4.79 Å². The molecule has 1 aliphatic rings. The fourth-order valence-electron chi connectivity index (χ4n) is 4.49. The molecule has 10 nitrogen and oxygen atoms in total. The molecule has 0 spiro atoms. The summed E-state index contributed by atoms with van der Waals surface area (Å²) in [5.41, 5.74) is 2.84. The number of aromatic nitrogens is 2. The smallest absolute Gasteiger partial charge is 0.342 e. The maximum atomic E-state index is 13.8. The van der Waals surface area contributed by atoms with Gasteiger partial charge in [0.2, 0.25) is 0 Å². The average molecular weight is 532 g/mol. The highest BCUT2D eigenvalue weighted by atomic mass is 16.6. The lowest BCUT2D eigenvalue weighted by Gasteiger charge is -2.39. The molecule has 1 unspecified atom stereocenters. The highest BCUT2D eigenvalue weighted by molar-refractivity contribution is 6.05. The van der Waals surface area contributed by atoms with Crippen LogP contribution in [0.5, 0.6) is 0 Å². The van der Waals surface area contributed by atoms with Gasteiger partial charge in [-0.25, -0.2) is 19.6 Å². The van der Waals surface area contributed by atoms with Crippen molar-refractivity contribution in [1.82, 2.24) is 19.8 Å². The molecule has 2 aromatic carbocycles. The molecule has 0 aliphatic carbocycles. The Balaban J connectivity index is 1.57. The summed E-state index contributed by atoms with van der Waals surface area (Å²) in [6, 6.07) is 16.4. The second-order valence-corrected chi connectivity index (χ2v) is 9.44. The van der Waals surface area contributed by atoms with Crippen molar-refractivity contribution in [3.8, 4) is 11.4 Å². The Labute approximate surface area is 228 Å². The highest BCUT2D eigenvalue weighted by Crippen LogP contribution is 2.23. The summed E-state index contributed by atoms with van der Waals surface area (Å²) in [7, 11) is 1.51. The lowest BCUT2D eigenvalue weighted by Crippen LogP contribution is -2.56. The molecular formula is C29H33N5O5. The van der Waals surface area contributed by atoms with Crippen LogP contribution in [0, 0.1) is 13.8 Å². The van der Waals surface area contributed by atoms with E-state index in [-0.39, 0.29) is 49.6 Å². The molecule has 0 saturated carbocycles. The Morgan fingerprint density at radius 1 is 1.00 bits per heavy atom. The number of aryl methyl sites for hydroxylation is 2. The first-order valence-electron chi connectivity index (χ1n) is 12.8. The Hall–Kier alpha value is -4.31. The molecule has 0 bridgehead atoms. The van der Waals surface area contributed by atoms with Crippen LogP contribution < -0.4 is 5.32 Å². The number of carbonyl (C=O) groups excluding carboxylic acids is 3. The first-order chi connectivity index (χ1) is 18.8. The molecule has 1 saturated heterocycles. The molecule has 1 N–H and O–H groups in total. The van der Waals surface area contributed by atoms with Crippen molar-refractivity contribution in [3.63, 3.8) is 0 Å². The quantitative estimate of drug-likeness (QED) is 0.363. The third-order valence-corrected chi connectivity index (χ3v) is 6.49. The number of rotatable bonds is 7. The number of nitrogens with one attached hydrogen (secondary N) is 1. The number of carbonyl (C=O) groups is 3. The summed E-state index contributed by atoms with van der Waals surface area (Å²) >= 11 is 0. The van der Waals surface area contributed by atoms with Crippen LogP contribution in [0.25, 0.3) is 11.4 Å². The lowest BCUT2D eigenvalue weighted by atomic mass is 10.1. The molecule has 1 aromatic heterocycles. The van der Waals surface area contributed by atoms with Gasteiger partial charge < -0.3 is 24.6 Å². The highest BCUT2D eigenvalue weighted by Gasteiger charge is 2.34. The van der Waals surface area contributed by atoms with Crippen molar-refractivity contribution < 1.29 is 23.9 Å². The van der Waals surface area contributed by atoms with Gasteiger partial charge in [-0.15, -0.1) is 0 Å². The van der Waals surface area contributed by atoms with Crippen molar-refractivity contribution in [1.29, 1.82) is 0 Å². The third kappa shape index (κ3) is 6.58. The minimum absolute atomic E-state index is 0.0198. The first kappa shape index (κ1) is 27.7. The maximum absolute atomic E-state index is 13.8. The molecule has 0 radical (unpaired) electrons. The van der Waals surface area contributed by atoms with Gasteiger partial charge in [0.1, 0.15) is 17.9 Å². The zero-order valence-corrected chi connectivity index (χ0v) is 22.6. The molecule has 3 aromatic rings. The van der Waals surface area contributed by atoms with Crippen molar-refractivity contribution in [2.75, 3.05) is 45.3 Å². The second-order valence-electron chi connectivity index (χ2n) is 9.44. The summed E-state index contributed by atoms with van der Waals surface area (Å²) in [6.07, 6.45) is 0. The van der Waals surface area contributed by atoms with Gasteiger partial charge in [0.15, 0.2) is 5.82 Å². The van der Waals surface area contributed by atoms with Crippen molar-refractivity contribution in [3.05, 3.63) is 77.1 Å². The molecule has 204 valence electrons. The van der Waals surface area contributed by atoms with Crippen molar-refractivity contribution in [2.45, 2.75) is 26.8 Å². The van der Waals surface area contributed by atoms with Gasteiger partial charge in [0.05, 0.1) is 12.3 Å². The van der Waals surface area contributed by atoms with Gasteiger partial charge in [0, 0.05) is 44.0 Å². The summed E-state index contributed by atoms with van der Waals surface area (Å²) in [4.78, 5) is 52.2. The summed E-state index contributed by atoms with van der Waals surface area (Å²) in [5.74, 6) is -0.757. The molecule has 39 heavy (non-hydrogen) atoms.